The second kappa shape index (κ2) is 8.12. The van der Waals surface area contributed by atoms with Gasteiger partial charge in [-0.15, -0.1) is 0 Å². The first kappa shape index (κ1) is 17.9. The molecule has 1 atom stereocenters. The summed E-state index contributed by atoms with van der Waals surface area (Å²) in [6, 6.07) is -0.668. The van der Waals surface area contributed by atoms with E-state index in [1.807, 2.05) is 20.8 Å². The van der Waals surface area contributed by atoms with Crippen LogP contribution in [0.5, 0.6) is 0 Å². The van der Waals surface area contributed by atoms with Crippen molar-refractivity contribution in [3.05, 3.63) is 0 Å². The summed E-state index contributed by atoms with van der Waals surface area (Å²) in [6.45, 7) is 8.23. The zero-order valence-corrected chi connectivity index (χ0v) is 12.6. The molecule has 0 radical (unpaired) electrons. The Hall–Kier alpha value is -1.14. The minimum Gasteiger partial charge on any atom is -0.465 e. The molecule has 0 fully saturated rings. The van der Waals surface area contributed by atoms with Gasteiger partial charge in [0.15, 0.2) is 0 Å². The highest BCUT2D eigenvalue weighted by molar-refractivity contribution is 5.86. The fraction of sp³-hybridized carbons (Fsp3) is 0.846. The van der Waals surface area contributed by atoms with E-state index in [-0.39, 0.29) is 24.5 Å². The van der Waals surface area contributed by atoms with Crippen LogP contribution in [0.25, 0.3) is 0 Å². The third-order valence-electron chi connectivity index (χ3n) is 2.70. The van der Waals surface area contributed by atoms with E-state index in [1.165, 1.54) is 12.0 Å². The topological polar surface area (TPSA) is 81.9 Å². The highest BCUT2D eigenvalue weighted by atomic mass is 16.5. The van der Waals surface area contributed by atoms with Crippen molar-refractivity contribution in [2.45, 2.75) is 33.7 Å². The van der Waals surface area contributed by atoms with Gasteiger partial charge in [-0.1, -0.05) is 20.8 Å². The SMILES string of the molecule is CCOC(=O)CN(CCOC)C(=O)[C@H](N)C(C)(C)C. The molecule has 2 N–H and O–H groups in total. The fourth-order valence-corrected chi connectivity index (χ4v) is 1.40. The number of nitrogens with two attached hydrogens (primary N) is 1. The van der Waals surface area contributed by atoms with Gasteiger partial charge in [0.05, 0.1) is 19.3 Å². The van der Waals surface area contributed by atoms with E-state index < -0.39 is 12.0 Å². The Balaban J connectivity index is 4.73. The van der Waals surface area contributed by atoms with E-state index >= 15 is 0 Å². The standard InChI is InChI=1S/C13H26N2O4/c1-6-19-10(16)9-15(7-8-18-5)12(17)11(14)13(2,3)4/h11H,6-9,14H2,1-5H3/t11-/m0/s1. The molecule has 112 valence electrons. The number of carbonyl (C=O) groups excluding carboxylic acids is 2. The number of amides is 1. The molecule has 0 unspecified atom stereocenters. The van der Waals surface area contributed by atoms with Gasteiger partial charge in [0, 0.05) is 13.7 Å². The fourth-order valence-electron chi connectivity index (χ4n) is 1.40. The van der Waals surface area contributed by atoms with E-state index in [1.54, 1.807) is 6.92 Å². The monoisotopic (exact) mass is 274 g/mol. The molecular weight excluding hydrogens is 248 g/mol. The van der Waals surface area contributed by atoms with Gasteiger partial charge >= 0.3 is 5.97 Å². The molecular formula is C13H26N2O4. The van der Waals surface area contributed by atoms with Crippen LogP contribution >= 0.6 is 0 Å². The highest BCUT2D eigenvalue weighted by Crippen LogP contribution is 2.19. The molecule has 6 nitrogen and oxygen atoms in total. The third kappa shape index (κ3) is 6.54. The van der Waals surface area contributed by atoms with Gasteiger partial charge in [0.2, 0.25) is 5.91 Å². The Kier molecular flexibility index (Phi) is 7.63. The molecule has 0 aliphatic heterocycles. The van der Waals surface area contributed by atoms with Crippen LogP contribution in [0.1, 0.15) is 27.7 Å². The van der Waals surface area contributed by atoms with Gasteiger partial charge in [-0.25, -0.2) is 0 Å². The van der Waals surface area contributed by atoms with Crippen LogP contribution in [-0.4, -0.2) is 56.2 Å². The maximum Gasteiger partial charge on any atom is 0.325 e. The molecule has 0 aromatic carbocycles. The number of hydrogen-bond donors (Lipinski definition) is 1. The van der Waals surface area contributed by atoms with Crippen molar-refractivity contribution in [2.75, 3.05) is 33.4 Å². The van der Waals surface area contributed by atoms with Gasteiger partial charge in [0.1, 0.15) is 6.54 Å². The first-order chi connectivity index (χ1) is 8.73. The second-order valence-electron chi connectivity index (χ2n) is 5.40. The molecule has 0 aliphatic carbocycles. The third-order valence-corrected chi connectivity index (χ3v) is 2.70. The largest absolute Gasteiger partial charge is 0.465 e. The van der Waals surface area contributed by atoms with Crippen molar-refractivity contribution >= 4 is 11.9 Å². The van der Waals surface area contributed by atoms with Gasteiger partial charge in [-0.3, -0.25) is 9.59 Å². The number of hydrogen-bond acceptors (Lipinski definition) is 5. The van der Waals surface area contributed by atoms with Crippen molar-refractivity contribution < 1.29 is 19.1 Å². The maximum absolute atomic E-state index is 12.3. The van der Waals surface area contributed by atoms with Crippen molar-refractivity contribution in [3.63, 3.8) is 0 Å². The number of esters is 1. The molecule has 0 saturated carbocycles. The van der Waals surface area contributed by atoms with E-state index in [9.17, 15) is 9.59 Å². The lowest BCUT2D eigenvalue weighted by atomic mass is 9.86. The Labute approximate surface area is 115 Å². The number of carbonyl (C=O) groups is 2. The Morgan fingerprint density at radius 3 is 2.32 bits per heavy atom. The summed E-state index contributed by atoms with van der Waals surface area (Å²) in [5.74, 6) is -0.703. The average molecular weight is 274 g/mol. The number of methoxy groups -OCH3 is 1. The van der Waals surface area contributed by atoms with Crippen LogP contribution < -0.4 is 5.73 Å². The molecule has 0 aliphatic rings. The van der Waals surface area contributed by atoms with Crippen LogP contribution in [-0.2, 0) is 19.1 Å². The molecule has 0 bridgehead atoms. The quantitative estimate of drug-likeness (QED) is 0.679. The van der Waals surface area contributed by atoms with E-state index in [4.69, 9.17) is 15.2 Å². The van der Waals surface area contributed by atoms with Gasteiger partial charge in [-0.2, -0.15) is 0 Å². The van der Waals surface area contributed by atoms with Gasteiger partial charge < -0.3 is 20.1 Å². The van der Waals surface area contributed by atoms with Crippen molar-refractivity contribution in [1.29, 1.82) is 0 Å². The summed E-state index contributed by atoms with van der Waals surface area (Å²) in [4.78, 5) is 25.2. The van der Waals surface area contributed by atoms with Gasteiger partial charge in [0.25, 0.3) is 0 Å². The van der Waals surface area contributed by atoms with Crippen molar-refractivity contribution in [3.8, 4) is 0 Å². The highest BCUT2D eigenvalue weighted by Gasteiger charge is 2.31. The zero-order valence-electron chi connectivity index (χ0n) is 12.6. The number of rotatable bonds is 7. The summed E-state index contributed by atoms with van der Waals surface area (Å²) < 4.78 is 9.80. The Bertz CT molecular complexity index is 300. The predicted molar refractivity (Wildman–Crippen MR) is 72.5 cm³/mol. The molecule has 19 heavy (non-hydrogen) atoms. The molecule has 0 saturated heterocycles. The number of ether oxygens (including phenoxy) is 2. The maximum atomic E-state index is 12.3. The Morgan fingerprint density at radius 1 is 1.32 bits per heavy atom. The van der Waals surface area contributed by atoms with E-state index in [2.05, 4.69) is 0 Å². The van der Waals surface area contributed by atoms with Crippen molar-refractivity contribution in [1.82, 2.24) is 4.90 Å². The first-order valence-electron chi connectivity index (χ1n) is 6.43. The van der Waals surface area contributed by atoms with Crippen LogP contribution in [0, 0.1) is 5.41 Å². The summed E-state index contributed by atoms with van der Waals surface area (Å²) in [5, 5.41) is 0. The molecule has 0 rings (SSSR count). The molecule has 6 heteroatoms. The van der Waals surface area contributed by atoms with Gasteiger partial charge in [-0.05, 0) is 12.3 Å². The normalized spacial score (nSPS) is 12.9. The minimum absolute atomic E-state index is 0.0974. The van der Waals surface area contributed by atoms with E-state index in [0.29, 0.717) is 13.2 Å². The zero-order chi connectivity index (χ0) is 15.1. The lowest BCUT2D eigenvalue weighted by molar-refractivity contribution is -0.150. The second-order valence-corrected chi connectivity index (χ2v) is 5.40. The summed E-state index contributed by atoms with van der Waals surface area (Å²) >= 11 is 0. The van der Waals surface area contributed by atoms with Crippen LogP contribution in [0.3, 0.4) is 0 Å². The summed E-state index contributed by atoms with van der Waals surface area (Å²) in [7, 11) is 1.54. The Morgan fingerprint density at radius 2 is 1.89 bits per heavy atom. The molecule has 1 amide bonds. The lowest BCUT2D eigenvalue weighted by Gasteiger charge is -2.31. The average Bonchev–Trinajstić information content (AvgIpc) is 2.31. The molecule has 0 heterocycles. The van der Waals surface area contributed by atoms with Crippen LogP contribution in [0.2, 0.25) is 0 Å². The molecule has 0 aromatic rings. The lowest BCUT2D eigenvalue weighted by Crippen LogP contribution is -2.52. The number of nitrogens with zero attached hydrogens (tertiary/aromatic N) is 1. The minimum atomic E-state index is -0.668. The molecule has 0 spiro atoms. The first-order valence-corrected chi connectivity index (χ1v) is 6.43. The van der Waals surface area contributed by atoms with Crippen molar-refractivity contribution in [2.24, 2.45) is 11.1 Å². The van der Waals surface area contributed by atoms with Crippen LogP contribution in [0.4, 0.5) is 0 Å². The summed E-state index contributed by atoms with van der Waals surface area (Å²) in [5.41, 5.74) is 5.57. The van der Waals surface area contributed by atoms with E-state index in [0.717, 1.165) is 0 Å². The van der Waals surface area contributed by atoms with Crippen LogP contribution in [0.15, 0.2) is 0 Å². The smallest absolute Gasteiger partial charge is 0.325 e. The molecule has 0 aromatic heterocycles. The summed E-state index contributed by atoms with van der Waals surface area (Å²) in [6.07, 6.45) is 0. The predicted octanol–water partition coefficient (Wildman–Crippen LogP) is 0.398.